The van der Waals surface area contributed by atoms with E-state index in [1.165, 1.54) is 24.3 Å². The number of nitrogens with two attached hydrogens (primary N) is 3. The Hall–Kier alpha value is -3.56. The summed E-state index contributed by atoms with van der Waals surface area (Å²) in [5.74, 6) is -0.832. The SMILES string of the molecule is Nc1ccc(Oc2c(N)ccc(-c3ccc(N)cc3C(F)(F)F)c2C(F)(F)F)cc1. The van der Waals surface area contributed by atoms with Gasteiger partial charge < -0.3 is 21.9 Å². The molecular formula is C20H15F6N3O. The molecule has 0 saturated heterocycles. The Morgan fingerprint density at radius 3 is 1.77 bits per heavy atom. The Labute approximate surface area is 166 Å². The lowest BCUT2D eigenvalue weighted by Crippen LogP contribution is -2.14. The molecule has 0 spiro atoms. The topological polar surface area (TPSA) is 87.3 Å². The smallest absolute Gasteiger partial charge is 0.420 e. The normalized spacial score (nSPS) is 12.1. The molecule has 3 aromatic carbocycles. The van der Waals surface area contributed by atoms with Gasteiger partial charge in [-0.15, -0.1) is 0 Å². The van der Waals surface area contributed by atoms with Crippen LogP contribution in [0.5, 0.6) is 11.5 Å². The van der Waals surface area contributed by atoms with E-state index >= 15 is 0 Å². The van der Waals surface area contributed by atoms with Crippen molar-refractivity contribution in [2.75, 3.05) is 17.2 Å². The van der Waals surface area contributed by atoms with Crippen LogP contribution in [0.3, 0.4) is 0 Å². The molecule has 0 fully saturated rings. The predicted octanol–water partition coefficient (Wildman–Crippen LogP) is 5.93. The highest BCUT2D eigenvalue weighted by Gasteiger charge is 2.41. The van der Waals surface area contributed by atoms with Crippen molar-refractivity contribution in [3.8, 4) is 22.6 Å². The molecule has 0 aliphatic carbocycles. The van der Waals surface area contributed by atoms with Gasteiger partial charge in [0.05, 0.1) is 11.3 Å². The summed E-state index contributed by atoms with van der Waals surface area (Å²) in [5, 5.41) is 0. The minimum absolute atomic E-state index is 0.0214. The van der Waals surface area contributed by atoms with Crippen LogP contribution < -0.4 is 21.9 Å². The Balaban J connectivity index is 2.29. The van der Waals surface area contributed by atoms with Gasteiger partial charge in [-0.1, -0.05) is 12.1 Å². The second-order valence-corrected chi connectivity index (χ2v) is 6.38. The van der Waals surface area contributed by atoms with Gasteiger partial charge in [0.2, 0.25) is 0 Å². The van der Waals surface area contributed by atoms with Gasteiger partial charge in [-0.2, -0.15) is 26.3 Å². The van der Waals surface area contributed by atoms with Crippen LogP contribution in [0.1, 0.15) is 11.1 Å². The maximum atomic E-state index is 14.0. The molecule has 10 heteroatoms. The fraction of sp³-hybridized carbons (Fsp3) is 0.100. The van der Waals surface area contributed by atoms with E-state index in [1.54, 1.807) is 0 Å². The number of anilines is 3. The zero-order valence-electron chi connectivity index (χ0n) is 15.1. The third-order valence-electron chi connectivity index (χ3n) is 4.21. The lowest BCUT2D eigenvalue weighted by molar-refractivity contribution is -0.139. The monoisotopic (exact) mass is 427 g/mol. The van der Waals surface area contributed by atoms with Crippen LogP contribution in [0.2, 0.25) is 0 Å². The van der Waals surface area contributed by atoms with Crippen molar-refractivity contribution >= 4 is 17.1 Å². The fourth-order valence-electron chi connectivity index (χ4n) is 2.90. The first-order chi connectivity index (χ1) is 13.9. The molecule has 4 nitrogen and oxygen atoms in total. The number of ether oxygens (including phenoxy) is 1. The molecule has 0 aliphatic heterocycles. The van der Waals surface area contributed by atoms with Crippen molar-refractivity contribution in [3.05, 3.63) is 65.7 Å². The molecular weight excluding hydrogens is 412 g/mol. The number of rotatable bonds is 3. The van der Waals surface area contributed by atoms with E-state index in [0.29, 0.717) is 11.8 Å². The summed E-state index contributed by atoms with van der Waals surface area (Å²) in [6.45, 7) is 0. The fourth-order valence-corrected chi connectivity index (χ4v) is 2.90. The van der Waals surface area contributed by atoms with Gasteiger partial charge in [0.25, 0.3) is 0 Å². The Morgan fingerprint density at radius 1 is 0.633 bits per heavy atom. The average Bonchev–Trinajstić information content (AvgIpc) is 2.63. The molecule has 3 rings (SSSR count). The van der Waals surface area contributed by atoms with E-state index < -0.39 is 46.0 Å². The van der Waals surface area contributed by atoms with Crippen LogP contribution in [0, 0.1) is 0 Å². The van der Waals surface area contributed by atoms with Crippen LogP contribution >= 0.6 is 0 Å². The first kappa shape index (κ1) is 21.2. The Morgan fingerprint density at radius 2 is 1.20 bits per heavy atom. The summed E-state index contributed by atoms with van der Waals surface area (Å²) < 4.78 is 87.8. The number of halogens is 6. The molecule has 0 aromatic heterocycles. The zero-order valence-corrected chi connectivity index (χ0v) is 15.1. The van der Waals surface area contributed by atoms with Crippen LogP contribution in [-0.4, -0.2) is 0 Å². The van der Waals surface area contributed by atoms with Crippen LogP contribution in [0.25, 0.3) is 11.1 Å². The van der Waals surface area contributed by atoms with Crippen molar-refractivity contribution in [1.82, 2.24) is 0 Å². The van der Waals surface area contributed by atoms with Crippen molar-refractivity contribution in [2.45, 2.75) is 12.4 Å². The minimum Gasteiger partial charge on any atom is -0.455 e. The van der Waals surface area contributed by atoms with Crippen molar-refractivity contribution < 1.29 is 31.1 Å². The van der Waals surface area contributed by atoms with Crippen LogP contribution in [0.15, 0.2) is 54.6 Å². The molecule has 0 unspecified atom stereocenters. The molecule has 0 radical (unpaired) electrons. The van der Waals surface area contributed by atoms with Gasteiger partial charge >= 0.3 is 12.4 Å². The Bertz CT molecular complexity index is 1080. The van der Waals surface area contributed by atoms with Crippen molar-refractivity contribution in [1.29, 1.82) is 0 Å². The highest BCUT2D eigenvalue weighted by Crippen LogP contribution is 2.49. The van der Waals surface area contributed by atoms with E-state index in [-0.39, 0.29) is 11.4 Å². The molecule has 0 saturated carbocycles. The largest absolute Gasteiger partial charge is 0.455 e. The molecule has 30 heavy (non-hydrogen) atoms. The number of benzene rings is 3. The first-order valence-electron chi connectivity index (χ1n) is 8.38. The lowest BCUT2D eigenvalue weighted by Gasteiger charge is -2.22. The molecule has 0 heterocycles. The lowest BCUT2D eigenvalue weighted by atomic mass is 9.93. The quantitative estimate of drug-likeness (QED) is 0.357. The van der Waals surface area contributed by atoms with Crippen molar-refractivity contribution in [2.24, 2.45) is 0 Å². The van der Waals surface area contributed by atoms with Gasteiger partial charge in [-0.25, -0.2) is 0 Å². The van der Waals surface area contributed by atoms with E-state index in [0.717, 1.165) is 24.3 Å². The van der Waals surface area contributed by atoms with E-state index in [4.69, 9.17) is 21.9 Å². The number of hydrogen-bond acceptors (Lipinski definition) is 4. The third kappa shape index (κ3) is 4.22. The van der Waals surface area contributed by atoms with Gasteiger partial charge in [-0.05, 0) is 53.6 Å². The number of hydrogen-bond donors (Lipinski definition) is 3. The summed E-state index contributed by atoms with van der Waals surface area (Å²) in [7, 11) is 0. The second-order valence-electron chi connectivity index (χ2n) is 6.38. The van der Waals surface area contributed by atoms with Gasteiger partial charge in [-0.3, -0.25) is 0 Å². The maximum absolute atomic E-state index is 14.0. The molecule has 0 aliphatic rings. The van der Waals surface area contributed by atoms with E-state index in [1.807, 2.05) is 0 Å². The third-order valence-corrected chi connectivity index (χ3v) is 4.21. The highest BCUT2D eigenvalue weighted by atomic mass is 19.4. The highest BCUT2D eigenvalue weighted by molar-refractivity contribution is 5.79. The summed E-state index contributed by atoms with van der Waals surface area (Å²) in [5.41, 5.74) is 12.2. The predicted molar refractivity (Wildman–Crippen MR) is 102 cm³/mol. The van der Waals surface area contributed by atoms with Gasteiger partial charge in [0, 0.05) is 11.4 Å². The molecule has 0 amide bonds. The minimum atomic E-state index is -5.07. The zero-order chi connectivity index (χ0) is 22.3. The summed E-state index contributed by atoms with van der Waals surface area (Å²) in [6.07, 6.45) is -10.0. The van der Waals surface area contributed by atoms with Gasteiger partial charge in [0.1, 0.15) is 11.3 Å². The molecule has 6 N–H and O–H groups in total. The molecule has 0 bridgehead atoms. The van der Waals surface area contributed by atoms with E-state index in [2.05, 4.69) is 0 Å². The van der Waals surface area contributed by atoms with Crippen molar-refractivity contribution in [3.63, 3.8) is 0 Å². The van der Waals surface area contributed by atoms with Crippen LogP contribution in [-0.2, 0) is 12.4 Å². The average molecular weight is 427 g/mol. The van der Waals surface area contributed by atoms with Crippen LogP contribution in [0.4, 0.5) is 43.4 Å². The summed E-state index contributed by atoms with van der Waals surface area (Å²) >= 11 is 0. The first-order valence-corrected chi connectivity index (χ1v) is 8.38. The summed E-state index contributed by atoms with van der Waals surface area (Å²) in [4.78, 5) is 0. The molecule has 3 aromatic rings. The second kappa shape index (κ2) is 7.36. The van der Waals surface area contributed by atoms with Gasteiger partial charge in [0.15, 0.2) is 5.75 Å². The number of nitrogen functional groups attached to an aromatic ring is 3. The standard InChI is InChI=1S/C20H15F6N3O/c21-19(22,23)15-9-11(28)3-6-13(15)14-7-8-16(29)18(17(14)20(24,25)26)30-12-4-1-10(27)2-5-12/h1-9H,27-29H2. The molecule has 0 atom stereocenters. The number of alkyl halides is 6. The van der Waals surface area contributed by atoms with E-state index in [9.17, 15) is 26.3 Å². The maximum Gasteiger partial charge on any atom is 0.420 e. The molecule has 158 valence electrons. The summed E-state index contributed by atoms with van der Waals surface area (Å²) in [6, 6.07) is 9.87. The Kier molecular flexibility index (Phi) is 5.19.